The van der Waals surface area contributed by atoms with Gasteiger partial charge in [-0.15, -0.1) is 11.8 Å². The van der Waals surface area contributed by atoms with Gasteiger partial charge < -0.3 is 9.64 Å². The molecule has 1 aromatic rings. The number of benzene rings is 1. The van der Waals surface area contributed by atoms with Crippen LogP contribution in [-0.2, 0) is 9.53 Å². The van der Waals surface area contributed by atoms with Crippen molar-refractivity contribution < 1.29 is 18.7 Å². The predicted octanol–water partition coefficient (Wildman–Crippen LogP) is 1.98. The Balaban J connectivity index is 1.93. The highest BCUT2D eigenvalue weighted by atomic mass is 32.2. The number of hydrogen-bond donors (Lipinski definition) is 0. The second kappa shape index (κ2) is 6.85. The molecule has 0 unspecified atom stereocenters. The molecule has 0 radical (unpaired) electrons. The molecular weight excluding hydrogens is 281 g/mol. The minimum Gasteiger partial charge on any atom is -0.378 e. The van der Waals surface area contributed by atoms with Crippen LogP contribution in [0.3, 0.4) is 0 Å². The van der Waals surface area contributed by atoms with Crippen molar-refractivity contribution in [3.63, 3.8) is 0 Å². The molecule has 0 saturated carbocycles. The Bertz CT molecular complexity index is 515. The van der Waals surface area contributed by atoms with E-state index in [2.05, 4.69) is 0 Å². The van der Waals surface area contributed by atoms with Gasteiger partial charge in [-0.25, -0.2) is 4.39 Å². The van der Waals surface area contributed by atoms with Gasteiger partial charge in [0.25, 0.3) is 0 Å². The molecule has 1 amide bonds. The highest BCUT2D eigenvalue weighted by Crippen LogP contribution is 2.23. The first-order valence-corrected chi connectivity index (χ1v) is 7.35. The molecule has 4 nitrogen and oxygen atoms in total. The van der Waals surface area contributed by atoms with Crippen molar-refractivity contribution in [1.29, 1.82) is 0 Å². The highest BCUT2D eigenvalue weighted by molar-refractivity contribution is 8.00. The lowest BCUT2D eigenvalue weighted by atomic mass is 10.1. The Labute approximate surface area is 121 Å². The minimum absolute atomic E-state index is 0.0201. The summed E-state index contributed by atoms with van der Waals surface area (Å²) < 4.78 is 19.0. The molecule has 0 atom stereocenters. The number of carbonyl (C=O) groups excluding carboxylic acids is 2. The van der Waals surface area contributed by atoms with Gasteiger partial charge in [0.05, 0.1) is 19.0 Å². The summed E-state index contributed by atoms with van der Waals surface area (Å²) in [5.74, 6) is -0.466. The lowest BCUT2D eigenvalue weighted by Crippen LogP contribution is -2.41. The van der Waals surface area contributed by atoms with Crippen LogP contribution in [0.25, 0.3) is 0 Å². The molecule has 108 valence electrons. The van der Waals surface area contributed by atoms with Gasteiger partial charge in [0, 0.05) is 23.5 Å². The van der Waals surface area contributed by atoms with Crippen molar-refractivity contribution in [1.82, 2.24) is 4.90 Å². The molecule has 0 N–H and O–H groups in total. The number of ether oxygens (including phenoxy) is 1. The molecule has 6 heteroatoms. The highest BCUT2D eigenvalue weighted by Gasteiger charge is 2.17. The maximum atomic E-state index is 13.8. The summed E-state index contributed by atoms with van der Waals surface area (Å²) in [7, 11) is 0. The van der Waals surface area contributed by atoms with E-state index in [1.165, 1.54) is 13.0 Å². The zero-order valence-corrected chi connectivity index (χ0v) is 12.0. The quantitative estimate of drug-likeness (QED) is 0.630. The zero-order valence-electron chi connectivity index (χ0n) is 11.2. The maximum Gasteiger partial charge on any atom is 0.233 e. The van der Waals surface area contributed by atoms with Crippen LogP contribution in [0.4, 0.5) is 4.39 Å². The third-order valence-electron chi connectivity index (χ3n) is 3.05. The van der Waals surface area contributed by atoms with Gasteiger partial charge in [-0.2, -0.15) is 0 Å². The fraction of sp³-hybridized carbons (Fsp3) is 0.429. The maximum absolute atomic E-state index is 13.8. The summed E-state index contributed by atoms with van der Waals surface area (Å²) in [6.45, 7) is 3.68. The predicted molar refractivity (Wildman–Crippen MR) is 74.5 cm³/mol. The number of halogens is 1. The van der Waals surface area contributed by atoms with Crippen molar-refractivity contribution in [3.8, 4) is 0 Å². The number of amides is 1. The number of thioether (sulfide) groups is 1. The van der Waals surface area contributed by atoms with Crippen molar-refractivity contribution >= 4 is 23.5 Å². The van der Waals surface area contributed by atoms with Crippen LogP contribution in [0.5, 0.6) is 0 Å². The molecule has 1 aromatic carbocycles. The molecule has 1 aliphatic rings. The number of morpholine rings is 1. The number of carbonyl (C=O) groups is 2. The number of Topliss-reactive ketones (excluding diaryl/α,β-unsaturated/α-hetero) is 1. The van der Waals surface area contributed by atoms with Gasteiger partial charge in [0.1, 0.15) is 5.82 Å². The van der Waals surface area contributed by atoms with Crippen LogP contribution < -0.4 is 0 Å². The van der Waals surface area contributed by atoms with Gasteiger partial charge in [-0.3, -0.25) is 9.59 Å². The minimum atomic E-state index is -0.461. The molecule has 1 saturated heterocycles. The van der Waals surface area contributed by atoms with E-state index in [4.69, 9.17) is 4.74 Å². The number of rotatable bonds is 4. The average Bonchev–Trinajstić information content (AvgIpc) is 2.46. The van der Waals surface area contributed by atoms with Crippen LogP contribution in [0, 0.1) is 5.82 Å². The molecule has 20 heavy (non-hydrogen) atoms. The van der Waals surface area contributed by atoms with Crippen molar-refractivity contribution in [3.05, 3.63) is 29.6 Å². The third-order valence-corrected chi connectivity index (χ3v) is 4.09. The van der Waals surface area contributed by atoms with Crippen LogP contribution in [-0.4, -0.2) is 48.6 Å². The summed E-state index contributed by atoms with van der Waals surface area (Å²) in [4.78, 5) is 25.2. The van der Waals surface area contributed by atoms with E-state index in [9.17, 15) is 14.0 Å². The zero-order chi connectivity index (χ0) is 14.5. The Morgan fingerprint density at radius 3 is 2.65 bits per heavy atom. The van der Waals surface area contributed by atoms with E-state index in [0.29, 0.717) is 36.8 Å². The Kier molecular flexibility index (Phi) is 5.14. The molecule has 0 spiro atoms. The monoisotopic (exact) mass is 297 g/mol. The van der Waals surface area contributed by atoms with E-state index >= 15 is 0 Å². The van der Waals surface area contributed by atoms with Gasteiger partial charge in [-0.1, -0.05) is 6.07 Å². The molecular formula is C14H16FNO3S. The lowest BCUT2D eigenvalue weighted by Gasteiger charge is -2.26. The first kappa shape index (κ1) is 15.0. The van der Waals surface area contributed by atoms with E-state index in [1.807, 2.05) is 0 Å². The summed E-state index contributed by atoms with van der Waals surface area (Å²) in [6.07, 6.45) is 0. The fourth-order valence-electron chi connectivity index (χ4n) is 1.88. The summed E-state index contributed by atoms with van der Waals surface area (Å²) in [5, 5.41) is 0. The molecule has 0 bridgehead atoms. The van der Waals surface area contributed by atoms with E-state index in [-0.39, 0.29) is 17.4 Å². The molecule has 1 aliphatic heterocycles. The normalized spacial score (nSPS) is 15.2. The number of ketones is 1. The first-order chi connectivity index (χ1) is 9.58. The van der Waals surface area contributed by atoms with E-state index < -0.39 is 5.82 Å². The van der Waals surface area contributed by atoms with Crippen LogP contribution in [0.2, 0.25) is 0 Å². The molecule has 1 fully saturated rings. The standard InChI is InChI=1S/C14H16FNO3S/c1-10(17)11-2-3-13(12(15)8-11)20-9-14(18)16-4-6-19-7-5-16/h2-3,8H,4-7,9H2,1H3. The van der Waals surface area contributed by atoms with Gasteiger partial charge in [0.15, 0.2) is 5.78 Å². The van der Waals surface area contributed by atoms with Crippen LogP contribution in [0.1, 0.15) is 17.3 Å². The van der Waals surface area contributed by atoms with Crippen LogP contribution >= 0.6 is 11.8 Å². The molecule has 0 aliphatic carbocycles. The Hall–Kier alpha value is -1.40. The molecule has 0 aromatic heterocycles. The van der Waals surface area contributed by atoms with Crippen LogP contribution in [0.15, 0.2) is 23.1 Å². The summed E-state index contributed by atoms with van der Waals surface area (Å²) >= 11 is 1.15. The molecule has 1 heterocycles. The first-order valence-electron chi connectivity index (χ1n) is 6.37. The van der Waals surface area contributed by atoms with Gasteiger partial charge >= 0.3 is 0 Å². The largest absolute Gasteiger partial charge is 0.378 e. The van der Waals surface area contributed by atoms with Gasteiger partial charge in [-0.05, 0) is 19.1 Å². The van der Waals surface area contributed by atoms with Gasteiger partial charge in [0.2, 0.25) is 5.91 Å². The van der Waals surface area contributed by atoms with E-state index in [1.54, 1.807) is 17.0 Å². The smallest absolute Gasteiger partial charge is 0.233 e. The van der Waals surface area contributed by atoms with Crippen molar-refractivity contribution in [2.75, 3.05) is 32.1 Å². The Morgan fingerprint density at radius 2 is 2.05 bits per heavy atom. The lowest BCUT2D eigenvalue weighted by molar-refractivity contribution is -0.132. The number of nitrogens with zero attached hydrogens (tertiary/aromatic N) is 1. The SMILES string of the molecule is CC(=O)c1ccc(SCC(=O)N2CCOCC2)c(F)c1. The van der Waals surface area contributed by atoms with Crippen molar-refractivity contribution in [2.24, 2.45) is 0 Å². The molecule has 2 rings (SSSR count). The average molecular weight is 297 g/mol. The fourth-order valence-corrected chi connectivity index (χ4v) is 2.70. The third kappa shape index (κ3) is 3.80. The summed E-state index contributed by atoms with van der Waals surface area (Å²) in [5.41, 5.74) is 0.339. The van der Waals surface area contributed by atoms with Crippen molar-refractivity contribution in [2.45, 2.75) is 11.8 Å². The topological polar surface area (TPSA) is 46.6 Å². The second-order valence-electron chi connectivity index (χ2n) is 4.48. The van der Waals surface area contributed by atoms with E-state index in [0.717, 1.165) is 11.8 Å². The summed E-state index contributed by atoms with van der Waals surface area (Å²) in [6, 6.07) is 4.33. The number of hydrogen-bond acceptors (Lipinski definition) is 4. The Morgan fingerprint density at radius 1 is 1.35 bits per heavy atom. The second-order valence-corrected chi connectivity index (χ2v) is 5.50.